The molecule has 0 aliphatic heterocycles. The summed E-state index contributed by atoms with van der Waals surface area (Å²) in [4.78, 5) is 34.2. The highest BCUT2D eigenvalue weighted by molar-refractivity contribution is 5.94. The number of carboxylic acids is 1. The fourth-order valence-corrected chi connectivity index (χ4v) is 1.77. The maximum absolute atomic E-state index is 11.7. The van der Waals surface area contributed by atoms with E-state index in [0.717, 1.165) is 5.56 Å². The van der Waals surface area contributed by atoms with Gasteiger partial charge in [0.15, 0.2) is 0 Å². The van der Waals surface area contributed by atoms with Gasteiger partial charge < -0.3 is 15.7 Å². The van der Waals surface area contributed by atoms with Crippen molar-refractivity contribution in [2.24, 2.45) is 0 Å². The van der Waals surface area contributed by atoms with Crippen molar-refractivity contribution in [3.63, 3.8) is 0 Å². The first kappa shape index (κ1) is 17.4. The monoisotopic (exact) mass is 304 g/mol. The van der Waals surface area contributed by atoms with E-state index >= 15 is 0 Å². The Hall–Kier alpha value is -2.63. The van der Waals surface area contributed by atoms with Crippen LogP contribution in [0.25, 0.3) is 6.08 Å². The first-order valence-corrected chi connectivity index (χ1v) is 7.06. The van der Waals surface area contributed by atoms with Gasteiger partial charge in [0.1, 0.15) is 6.04 Å². The third-order valence-electron chi connectivity index (χ3n) is 2.88. The second-order valence-electron chi connectivity index (χ2n) is 4.64. The predicted molar refractivity (Wildman–Crippen MR) is 83.0 cm³/mol. The molecule has 118 valence electrons. The Bertz CT molecular complexity index is 540. The van der Waals surface area contributed by atoms with Crippen LogP contribution in [0.2, 0.25) is 0 Å². The number of rotatable bonds is 8. The molecule has 0 bridgehead atoms. The molecule has 22 heavy (non-hydrogen) atoms. The summed E-state index contributed by atoms with van der Waals surface area (Å²) in [6, 6.07) is 8.10. The Morgan fingerprint density at radius 3 is 2.50 bits per heavy atom. The van der Waals surface area contributed by atoms with Crippen LogP contribution in [0.4, 0.5) is 0 Å². The first-order chi connectivity index (χ1) is 10.5. The van der Waals surface area contributed by atoms with E-state index < -0.39 is 17.9 Å². The van der Waals surface area contributed by atoms with E-state index in [0.29, 0.717) is 6.54 Å². The topological polar surface area (TPSA) is 95.5 Å². The summed E-state index contributed by atoms with van der Waals surface area (Å²) in [6.07, 6.45) is 2.97. The summed E-state index contributed by atoms with van der Waals surface area (Å²) >= 11 is 0. The highest BCUT2D eigenvalue weighted by Crippen LogP contribution is 2.02. The lowest BCUT2D eigenvalue weighted by atomic mass is 10.1. The van der Waals surface area contributed by atoms with Crippen LogP contribution in [0.15, 0.2) is 36.4 Å². The van der Waals surface area contributed by atoms with Gasteiger partial charge in [-0.15, -0.1) is 0 Å². The van der Waals surface area contributed by atoms with Crippen LogP contribution < -0.4 is 10.6 Å². The standard InChI is InChI=1S/C16H20N2O4/c1-2-17-14(19)11-9-13(16(21)22)18-15(20)10-8-12-6-4-3-5-7-12/h3-8,10,13H,2,9,11H2,1H3,(H,17,19)(H,18,20)(H,21,22)/b10-8+. The molecule has 3 N–H and O–H groups in total. The van der Waals surface area contributed by atoms with E-state index in [2.05, 4.69) is 10.6 Å². The van der Waals surface area contributed by atoms with E-state index in [1.54, 1.807) is 13.0 Å². The molecule has 0 saturated heterocycles. The summed E-state index contributed by atoms with van der Waals surface area (Å²) in [5, 5.41) is 14.0. The third-order valence-corrected chi connectivity index (χ3v) is 2.88. The van der Waals surface area contributed by atoms with Crippen LogP contribution in [0.3, 0.4) is 0 Å². The van der Waals surface area contributed by atoms with Gasteiger partial charge in [-0.05, 0) is 25.0 Å². The van der Waals surface area contributed by atoms with Crippen molar-refractivity contribution in [2.45, 2.75) is 25.8 Å². The minimum atomic E-state index is -1.16. The summed E-state index contributed by atoms with van der Waals surface area (Å²) in [7, 11) is 0. The molecule has 0 saturated carbocycles. The molecular formula is C16H20N2O4. The summed E-state index contributed by atoms with van der Waals surface area (Å²) in [6.45, 7) is 2.27. The molecule has 6 nitrogen and oxygen atoms in total. The van der Waals surface area contributed by atoms with Crippen molar-refractivity contribution < 1.29 is 19.5 Å². The largest absolute Gasteiger partial charge is 0.480 e. The van der Waals surface area contributed by atoms with Gasteiger partial charge in [0.05, 0.1) is 0 Å². The molecule has 6 heteroatoms. The van der Waals surface area contributed by atoms with Gasteiger partial charge in [0.25, 0.3) is 0 Å². The Morgan fingerprint density at radius 1 is 1.23 bits per heavy atom. The average molecular weight is 304 g/mol. The lowest BCUT2D eigenvalue weighted by Gasteiger charge is -2.12. The lowest BCUT2D eigenvalue weighted by molar-refractivity contribution is -0.141. The van der Waals surface area contributed by atoms with Crippen LogP contribution in [0.5, 0.6) is 0 Å². The summed E-state index contributed by atoms with van der Waals surface area (Å²) in [5.74, 6) is -1.90. The quantitative estimate of drug-likeness (QED) is 0.629. The smallest absolute Gasteiger partial charge is 0.326 e. The maximum Gasteiger partial charge on any atom is 0.326 e. The third kappa shape index (κ3) is 6.69. The fraction of sp³-hybridized carbons (Fsp3) is 0.312. The van der Waals surface area contributed by atoms with Crippen LogP contribution in [-0.4, -0.2) is 35.5 Å². The number of carbonyl (C=O) groups is 3. The van der Waals surface area contributed by atoms with Gasteiger partial charge in [-0.3, -0.25) is 9.59 Å². The highest BCUT2D eigenvalue weighted by atomic mass is 16.4. The van der Waals surface area contributed by atoms with Gasteiger partial charge in [-0.2, -0.15) is 0 Å². The number of carbonyl (C=O) groups excluding carboxylic acids is 2. The van der Waals surface area contributed by atoms with Crippen molar-refractivity contribution >= 4 is 23.9 Å². The van der Waals surface area contributed by atoms with Crippen molar-refractivity contribution in [3.05, 3.63) is 42.0 Å². The molecule has 1 aromatic carbocycles. The zero-order chi connectivity index (χ0) is 16.4. The number of hydrogen-bond acceptors (Lipinski definition) is 3. The van der Waals surface area contributed by atoms with Crippen LogP contribution in [-0.2, 0) is 14.4 Å². The second-order valence-corrected chi connectivity index (χ2v) is 4.64. The summed E-state index contributed by atoms with van der Waals surface area (Å²) in [5.41, 5.74) is 0.840. The molecule has 1 atom stereocenters. The Labute approximate surface area is 129 Å². The van der Waals surface area contributed by atoms with Gasteiger partial charge in [0, 0.05) is 19.0 Å². The van der Waals surface area contributed by atoms with Crippen molar-refractivity contribution in [1.29, 1.82) is 0 Å². The van der Waals surface area contributed by atoms with E-state index in [4.69, 9.17) is 5.11 Å². The molecule has 0 radical (unpaired) electrons. The zero-order valence-electron chi connectivity index (χ0n) is 12.4. The summed E-state index contributed by atoms with van der Waals surface area (Å²) < 4.78 is 0. The predicted octanol–water partition coefficient (Wildman–Crippen LogP) is 1.19. The van der Waals surface area contributed by atoms with E-state index in [1.807, 2.05) is 30.3 Å². The minimum absolute atomic E-state index is 0.0477. The van der Waals surface area contributed by atoms with Gasteiger partial charge >= 0.3 is 5.97 Å². The average Bonchev–Trinajstić information content (AvgIpc) is 2.50. The highest BCUT2D eigenvalue weighted by Gasteiger charge is 2.19. The molecule has 1 unspecified atom stereocenters. The van der Waals surface area contributed by atoms with Crippen LogP contribution in [0.1, 0.15) is 25.3 Å². The van der Waals surface area contributed by atoms with Crippen molar-refractivity contribution in [3.8, 4) is 0 Å². The SMILES string of the molecule is CCNC(=O)CCC(NC(=O)/C=C/c1ccccc1)C(=O)O. The number of hydrogen-bond donors (Lipinski definition) is 3. The molecule has 0 heterocycles. The van der Waals surface area contributed by atoms with Gasteiger partial charge in [0.2, 0.25) is 11.8 Å². The molecular weight excluding hydrogens is 284 g/mol. The van der Waals surface area contributed by atoms with Crippen molar-refractivity contribution in [2.75, 3.05) is 6.54 Å². The molecule has 0 aromatic heterocycles. The maximum atomic E-state index is 11.7. The molecule has 0 aliphatic carbocycles. The lowest BCUT2D eigenvalue weighted by Crippen LogP contribution is -2.40. The number of benzene rings is 1. The minimum Gasteiger partial charge on any atom is -0.480 e. The number of carboxylic acid groups (broad SMARTS) is 1. The molecule has 2 amide bonds. The Balaban J connectivity index is 2.52. The molecule has 1 aromatic rings. The second kappa shape index (κ2) is 9.33. The number of nitrogens with one attached hydrogen (secondary N) is 2. The van der Waals surface area contributed by atoms with E-state index in [1.165, 1.54) is 6.08 Å². The fourth-order valence-electron chi connectivity index (χ4n) is 1.77. The first-order valence-electron chi connectivity index (χ1n) is 7.06. The van der Waals surface area contributed by atoms with Crippen LogP contribution in [0, 0.1) is 0 Å². The molecule has 0 fully saturated rings. The number of aliphatic carboxylic acids is 1. The normalized spacial score (nSPS) is 11.9. The van der Waals surface area contributed by atoms with Gasteiger partial charge in [-0.1, -0.05) is 30.3 Å². The van der Waals surface area contributed by atoms with E-state index in [9.17, 15) is 14.4 Å². The number of amides is 2. The Morgan fingerprint density at radius 2 is 1.91 bits per heavy atom. The molecule has 0 spiro atoms. The molecule has 0 aliphatic rings. The zero-order valence-corrected chi connectivity index (χ0v) is 12.4. The van der Waals surface area contributed by atoms with Crippen LogP contribution >= 0.6 is 0 Å². The Kier molecular flexibility index (Phi) is 7.39. The van der Waals surface area contributed by atoms with E-state index in [-0.39, 0.29) is 18.7 Å². The van der Waals surface area contributed by atoms with Gasteiger partial charge in [-0.25, -0.2) is 4.79 Å². The molecule has 1 rings (SSSR count). The van der Waals surface area contributed by atoms with Crippen molar-refractivity contribution in [1.82, 2.24) is 10.6 Å².